The molecular weight excluding hydrogens is 484 g/mol. The van der Waals surface area contributed by atoms with Gasteiger partial charge in [-0.1, -0.05) is 67.6 Å². The van der Waals surface area contributed by atoms with Crippen LogP contribution < -0.4 is 8.37 Å². The van der Waals surface area contributed by atoms with Crippen LogP contribution in [0.5, 0.6) is 11.5 Å². The van der Waals surface area contributed by atoms with E-state index in [0.29, 0.717) is 0 Å². The van der Waals surface area contributed by atoms with Gasteiger partial charge >= 0.3 is 20.2 Å². The molecule has 0 radical (unpaired) electrons. The van der Waals surface area contributed by atoms with Crippen molar-refractivity contribution >= 4 is 20.2 Å². The second-order valence-electron chi connectivity index (χ2n) is 7.80. The Morgan fingerprint density at radius 2 is 0.886 bits per heavy atom. The molecule has 0 fully saturated rings. The van der Waals surface area contributed by atoms with Crippen LogP contribution in [-0.4, -0.2) is 16.8 Å². The van der Waals surface area contributed by atoms with Gasteiger partial charge in [0.2, 0.25) is 0 Å². The van der Waals surface area contributed by atoms with E-state index in [1.165, 1.54) is 24.3 Å². The first kappa shape index (κ1) is 24.5. The van der Waals surface area contributed by atoms with E-state index in [0.717, 1.165) is 17.5 Å². The van der Waals surface area contributed by atoms with Gasteiger partial charge in [0.1, 0.15) is 21.3 Å². The van der Waals surface area contributed by atoms with Crippen molar-refractivity contribution in [3.8, 4) is 11.5 Å². The van der Waals surface area contributed by atoms with Gasteiger partial charge in [0.25, 0.3) is 0 Å². The molecule has 0 amide bonds. The standard InChI is InChI=1S/C27H24O6S2/c1-2-27(21-13-17-23(18-14-21)32-34(28,29)25-9-5-3-6-10-25)22-15-19-24(20-16-22)33-35(30,31)26-11-7-4-8-12-26/h3-20,27H,2H2,1H3. The Morgan fingerprint density at radius 1 is 0.543 bits per heavy atom. The highest BCUT2D eigenvalue weighted by atomic mass is 32.2. The zero-order valence-corrected chi connectivity index (χ0v) is 20.6. The lowest BCUT2D eigenvalue weighted by molar-refractivity contribution is 0.484. The normalized spacial score (nSPS) is 11.8. The van der Waals surface area contributed by atoms with Crippen LogP contribution in [0.1, 0.15) is 30.4 Å². The van der Waals surface area contributed by atoms with E-state index >= 15 is 0 Å². The van der Waals surface area contributed by atoms with E-state index in [-0.39, 0.29) is 27.2 Å². The summed E-state index contributed by atoms with van der Waals surface area (Å²) in [6, 6.07) is 29.8. The first-order valence-corrected chi connectivity index (χ1v) is 13.8. The van der Waals surface area contributed by atoms with Gasteiger partial charge in [-0.05, 0) is 66.1 Å². The maximum atomic E-state index is 12.4. The largest absolute Gasteiger partial charge is 0.379 e. The summed E-state index contributed by atoms with van der Waals surface area (Å²) in [5.74, 6) is 0.471. The van der Waals surface area contributed by atoms with Gasteiger partial charge in [-0.2, -0.15) is 16.8 Å². The van der Waals surface area contributed by atoms with Crippen LogP contribution in [0.25, 0.3) is 0 Å². The van der Waals surface area contributed by atoms with Gasteiger partial charge in [0.05, 0.1) is 0 Å². The number of rotatable bonds is 9. The molecule has 0 aliphatic carbocycles. The predicted molar refractivity (Wildman–Crippen MR) is 134 cm³/mol. The smallest absolute Gasteiger partial charge is 0.339 e. The highest BCUT2D eigenvalue weighted by molar-refractivity contribution is 7.87. The van der Waals surface area contributed by atoms with Gasteiger partial charge in [-0.15, -0.1) is 0 Å². The van der Waals surface area contributed by atoms with Crippen molar-refractivity contribution in [2.75, 3.05) is 0 Å². The zero-order valence-electron chi connectivity index (χ0n) is 18.9. The molecule has 0 N–H and O–H groups in total. The molecule has 0 saturated heterocycles. The summed E-state index contributed by atoms with van der Waals surface area (Å²) >= 11 is 0. The van der Waals surface area contributed by atoms with E-state index in [1.807, 2.05) is 31.2 Å². The third kappa shape index (κ3) is 5.90. The minimum absolute atomic E-state index is 0.0227. The topological polar surface area (TPSA) is 86.7 Å². The van der Waals surface area contributed by atoms with Gasteiger partial charge in [0.15, 0.2) is 0 Å². The summed E-state index contributed by atoms with van der Waals surface area (Å²) in [5, 5.41) is 0. The van der Waals surface area contributed by atoms with Crippen molar-refractivity contribution in [3.63, 3.8) is 0 Å². The Kier molecular flexibility index (Phi) is 7.23. The highest BCUT2D eigenvalue weighted by Crippen LogP contribution is 2.31. The first-order valence-electron chi connectivity index (χ1n) is 11.0. The van der Waals surface area contributed by atoms with E-state index < -0.39 is 20.2 Å². The maximum absolute atomic E-state index is 12.4. The van der Waals surface area contributed by atoms with Crippen molar-refractivity contribution in [1.29, 1.82) is 0 Å². The summed E-state index contributed by atoms with van der Waals surface area (Å²) in [7, 11) is -7.81. The maximum Gasteiger partial charge on any atom is 0.339 e. The molecule has 0 atom stereocenters. The summed E-state index contributed by atoms with van der Waals surface area (Å²) in [4.78, 5) is 0.180. The number of hydrogen-bond donors (Lipinski definition) is 0. The lowest BCUT2D eigenvalue weighted by Crippen LogP contribution is -2.10. The van der Waals surface area contributed by atoms with Crippen molar-refractivity contribution in [3.05, 3.63) is 120 Å². The van der Waals surface area contributed by atoms with Crippen LogP contribution in [-0.2, 0) is 20.2 Å². The summed E-state index contributed by atoms with van der Waals surface area (Å²) in [6.07, 6.45) is 0.783. The Bertz CT molecular complexity index is 1350. The lowest BCUT2D eigenvalue weighted by Gasteiger charge is -2.17. The van der Waals surface area contributed by atoms with Crippen molar-refractivity contribution in [1.82, 2.24) is 0 Å². The second kappa shape index (κ2) is 10.3. The Hall–Kier alpha value is -3.62. The molecule has 6 nitrogen and oxygen atoms in total. The minimum atomic E-state index is -3.91. The average Bonchev–Trinajstić information content (AvgIpc) is 2.87. The van der Waals surface area contributed by atoms with Crippen LogP contribution in [0.3, 0.4) is 0 Å². The molecule has 4 aromatic carbocycles. The molecule has 0 bridgehead atoms. The van der Waals surface area contributed by atoms with Gasteiger partial charge in [-0.3, -0.25) is 0 Å². The molecule has 0 unspecified atom stereocenters. The minimum Gasteiger partial charge on any atom is -0.379 e. The number of hydrogen-bond acceptors (Lipinski definition) is 6. The molecular formula is C27H24O6S2. The Balaban J connectivity index is 1.48. The van der Waals surface area contributed by atoms with Crippen LogP contribution in [0.15, 0.2) is 119 Å². The fourth-order valence-corrected chi connectivity index (χ4v) is 5.60. The van der Waals surface area contributed by atoms with Crippen LogP contribution in [0.4, 0.5) is 0 Å². The van der Waals surface area contributed by atoms with Gasteiger partial charge < -0.3 is 8.37 Å². The Labute approximate surface area is 206 Å². The summed E-state index contributed by atoms with van der Waals surface area (Å²) < 4.78 is 60.3. The fraction of sp³-hybridized carbons (Fsp3) is 0.111. The molecule has 180 valence electrons. The van der Waals surface area contributed by atoms with Crippen LogP contribution in [0, 0.1) is 0 Å². The molecule has 0 aromatic heterocycles. The van der Waals surface area contributed by atoms with E-state index in [2.05, 4.69) is 0 Å². The summed E-state index contributed by atoms with van der Waals surface area (Å²) in [6.45, 7) is 2.04. The molecule has 0 spiro atoms. The predicted octanol–water partition coefficient (Wildman–Crippen LogP) is 5.76. The van der Waals surface area contributed by atoms with E-state index in [1.54, 1.807) is 60.7 Å². The summed E-state index contributed by atoms with van der Waals surface area (Å²) in [5.41, 5.74) is 1.95. The van der Waals surface area contributed by atoms with Crippen molar-refractivity contribution in [2.24, 2.45) is 0 Å². The molecule has 0 heterocycles. The number of benzene rings is 4. The molecule has 0 aliphatic heterocycles. The van der Waals surface area contributed by atoms with E-state index in [9.17, 15) is 16.8 Å². The third-order valence-corrected chi connectivity index (χ3v) is 7.97. The molecule has 35 heavy (non-hydrogen) atoms. The third-order valence-electron chi connectivity index (χ3n) is 5.45. The quantitative estimate of drug-likeness (QED) is 0.267. The van der Waals surface area contributed by atoms with Gasteiger partial charge in [0, 0.05) is 5.92 Å². The van der Waals surface area contributed by atoms with Crippen molar-refractivity contribution in [2.45, 2.75) is 29.1 Å². The van der Waals surface area contributed by atoms with Crippen molar-refractivity contribution < 1.29 is 25.2 Å². The molecule has 4 aromatic rings. The molecule has 0 saturated carbocycles. The molecule has 4 rings (SSSR count). The zero-order chi connectivity index (χ0) is 24.9. The first-order chi connectivity index (χ1) is 16.8. The van der Waals surface area contributed by atoms with Gasteiger partial charge in [-0.25, -0.2) is 0 Å². The fourth-order valence-electron chi connectivity index (χ4n) is 3.70. The van der Waals surface area contributed by atoms with Crippen LogP contribution >= 0.6 is 0 Å². The van der Waals surface area contributed by atoms with E-state index in [4.69, 9.17) is 8.37 Å². The molecule has 0 aliphatic rings. The lowest BCUT2D eigenvalue weighted by atomic mass is 9.89. The monoisotopic (exact) mass is 508 g/mol. The second-order valence-corrected chi connectivity index (χ2v) is 10.9. The molecule has 8 heteroatoms. The van der Waals surface area contributed by atoms with Crippen LogP contribution in [0.2, 0.25) is 0 Å². The highest BCUT2D eigenvalue weighted by Gasteiger charge is 2.19. The Morgan fingerprint density at radius 3 is 1.20 bits per heavy atom. The SMILES string of the molecule is CCC(c1ccc(OS(=O)(=O)c2ccccc2)cc1)c1ccc(OS(=O)(=O)c2ccccc2)cc1. The average molecular weight is 509 g/mol.